The third-order valence-electron chi connectivity index (χ3n) is 2.14. The lowest BCUT2D eigenvalue weighted by atomic mass is 10.3. The molecule has 1 aliphatic heterocycles. The average molecular weight is 376 g/mol. The van der Waals surface area contributed by atoms with Crippen molar-refractivity contribution in [1.29, 1.82) is 0 Å². The number of carbonyl (C=O) groups excluding carboxylic acids is 2. The van der Waals surface area contributed by atoms with Crippen LogP contribution in [0.3, 0.4) is 0 Å². The highest BCUT2D eigenvalue weighted by molar-refractivity contribution is 9.14. The van der Waals surface area contributed by atoms with Crippen LogP contribution in [-0.4, -0.2) is 18.2 Å². The first kappa shape index (κ1) is 13.1. The minimum atomic E-state index is -0.810. The fourth-order valence-electron chi connectivity index (χ4n) is 1.32. The number of ether oxygens (including phenoxy) is 1. The Bertz CT molecular complexity index is 516. The number of nitrogens with one attached hydrogen (secondary N) is 2. The molecular weight excluding hydrogens is 368 g/mol. The number of rotatable bonds is 2. The topological polar surface area (TPSA) is 67.4 Å². The number of anilines is 1. The molecule has 18 heavy (non-hydrogen) atoms. The quantitative estimate of drug-likeness (QED) is 0.781. The SMILES string of the molecule is O=C(Nc1ccccc1)NC1OC(=O)C(Br)=C1Br. The van der Waals surface area contributed by atoms with Gasteiger partial charge in [-0.15, -0.1) is 0 Å². The monoisotopic (exact) mass is 374 g/mol. The van der Waals surface area contributed by atoms with Crippen LogP contribution >= 0.6 is 31.9 Å². The van der Waals surface area contributed by atoms with Crippen molar-refractivity contribution in [3.8, 4) is 0 Å². The molecule has 0 saturated heterocycles. The Labute approximate surface area is 120 Å². The van der Waals surface area contributed by atoms with Crippen LogP contribution in [0.1, 0.15) is 0 Å². The molecule has 0 spiro atoms. The molecule has 5 nitrogen and oxygen atoms in total. The first-order chi connectivity index (χ1) is 8.58. The van der Waals surface area contributed by atoms with Crippen LogP contribution in [0.2, 0.25) is 0 Å². The number of benzene rings is 1. The molecule has 0 aliphatic carbocycles. The van der Waals surface area contributed by atoms with E-state index in [1.165, 1.54) is 0 Å². The first-order valence-electron chi connectivity index (χ1n) is 4.96. The summed E-state index contributed by atoms with van der Waals surface area (Å²) in [5.41, 5.74) is 0.651. The molecular formula is C11H8Br2N2O3. The van der Waals surface area contributed by atoms with Crippen molar-refractivity contribution in [2.45, 2.75) is 6.23 Å². The van der Waals surface area contributed by atoms with Gasteiger partial charge in [-0.25, -0.2) is 9.59 Å². The molecule has 0 bridgehead atoms. The Morgan fingerprint density at radius 1 is 1.22 bits per heavy atom. The number of hydrogen-bond donors (Lipinski definition) is 2. The second-order valence-electron chi connectivity index (χ2n) is 3.41. The van der Waals surface area contributed by atoms with Gasteiger partial charge in [-0.3, -0.25) is 5.32 Å². The lowest BCUT2D eigenvalue weighted by molar-refractivity contribution is -0.139. The smallest absolute Gasteiger partial charge is 0.348 e. The molecule has 1 unspecified atom stereocenters. The largest absolute Gasteiger partial charge is 0.433 e. The Hall–Kier alpha value is -1.34. The minimum Gasteiger partial charge on any atom is -0.433 e. The predicted molar refractivity (Wildman–Crippen MR) is 73.4 cm³/mol. The highest BCUT2D eigenvalue weighted by atomic mass is 79.9. The van der Waals surface area contributed by atoms with Crippen LogP contribution in [0, 0.1) is 0 Å². The summed E-state index contributed by atoms with van der Waals surface area (Å²) in [5.74, 6) is -0.521. The van der Waals surface area contributed by atoms with E-state index >= 15 is 0 Å². The van der Waals surface area contributed by atoms with Gasteiger partial charge in [0.05, 0.1) is 4.48 Å². The second kappa shape index (κ2) is 5.53. The van der Waals surface area contributed by atoms with Crippen LogP contribution in [0.25, 0.3) is 0 Å². The van der Waals surface area contributed by atoms with E-state index in [1.54, 1.807) is 24.3 Å². The number of amides is 2. The highest BCUT2D eigenvalue weighted by Crippen LogP contribution is 2.30. The van der Waals surface area contributed by atoms with Crippen molar-refractivity contribution in [2.75, 3.05) is 5.32 Å². The maximum absolute atomic E-state index is 11.7. The zero-order chi connectivity index (χ0) is 13.1. The summed E-state index contributed by atoms with van der Waals surface area (Å²) in [4.78, 5) is 22.9. The first-order valence-corrected chi connectivity index (χ1v) is 6.55. The van der Waals surface area contributed by atoms with E-state index in [9.17, 15) is 9.59 Å². The zero-order valence-electron chi connectivity index (χ0n) is 8.94. The van der Waals surface area contributed by atoms with E-state index in [-0.39, 0.29) is 4.48 Å². The summed E-state index contributed by atoms with van der Waals surface area (Å²) in [7, 11) is 0. The molecule has 1 aromatic rings. The van der Waals surface area contributed by atoms with Gasteiger partial charge < -0.3 is 10.1 Å². The standard InChI is InChI=1S/C11H8Br2N2O3/c12-7-8(13)10(16)18-9(7)15-11(17)14-6-4-2-1-3-5-6/h1-5,9H,(H2,14,15,17). The molecule has 1 aromatic carbocycles. The van der Waals surface area contributed by atoms with Crippen molar-refractivity contribution in [3.05, 3.63) is 39.3 Å². The van der Waals surface area contributed by atoms with Gasteiger partial charge in [0.2, 0.25) is 6.23 Å². The van der Waals surface area contributed by atoms with Crippen molar-refractivity contribution in [2.24, 2.45) is 0 Å². The van der Waals surface area contributed by atoms with Gasteiger partial charge in [0, 0.05) is 5.69 Å². The molecule has 94 valence electrons. The molecule has 2 N–H and O–H groups in total. The molecule has 0 radical (unpaired) electrons. The number of cyclic esters (lactones) is 1. The normalized spacial score (nSPS) is 18.6. The fourth-order valence-corrected chi connectivity index (χ4v) is 1.99. The van der Waals surface area contributed by atoms with Gasteiger partial charge in [-0.05, 0) is 44.0 Å². The van der Waals surface area contributed by atoms with Gasteiger partial charge in [-0.2, -0.15) is 0 Å². The summed E-state index contributed by atoms with van der Waals surface area (Å²) < 4.78 is 5.64. The summed E-state index contributed by atoms with van der Waals surface area (Å²) in [6.45, 7) is 0. The highest BCUT2D eigenvalue weighted by Gasteiger charge is 2.32. The van der Waals surface area contributed by atoms with E-state index in [0.29, 0.717) is 10.2 Å². The zero-order valence-corrected chi connectivity index (χ0v) is 12.1. The van der Waals surface area contributed by atoms with E-state index in [4.69, 9.17) is 4.74 Å². The van der Waals surface area contributed by atoms with Gasteiger partial charge in [0.15, 0.2) is 0 Å². The van der Waals surface area contributed by atoms with E-state index in [1.807, 2.05) is 6.07 Å². The summed E-state index contributed by atoms with van der Waals surface area (Å²) in [6.07, 6.45) is -0.810. The number of halogens is 2. The number of para-hydroxylation sites is 1. The molecule has 2 rings (SSSR count). The third kappa shape index (κ3) is 2.91. The maximum atomic E-state index is 11.7. The summed E-state index contributed by atoms with van der Waals surface area (Å²) >= 11 is 6.22. The molecule has 1 heterocycles. The van der Waals surface area contributed by atoms with Gasteiger partial charge in [0.1, 0.15) is 4.48 Å². The van der Waals surface area contributed by atoms with E-state index < -0.39 is 18.2 Å². The average Bonchev–Trinajstić information content (AvgIpc) is 2.58. The lowest BCUT2D eigenvalue weighted by Gasteiger charge is -2.13. The Balaban J connectivity index is 1.96. The molecule has 0 fully saturated rings. The minimum absolute atomic E-state index is 0.271. The van der Waals surface area contributed by atoms with Crippen molar-refractivity contribution >= 4 is 49.5 Å². The van der Waals surface area contributed by atoms with Crippen LogP contribution in [0.4, 0.5) is 10.5 Å². The van der Waals surface area contributed by atoms with Gasteiger partial charge in [-0.1, -0.05) is 18.2 Å². The van der Waals surface area contributed by atoms with Crippen LogP contribution in [-0.2, 0) is 9.53 Å². The Kier molecular flexibility index (Phi) is 4.03. The lowest BCUT2D eigenvalue weighted by Crippen LogP contribution is -2.38. The number of urea groups is 1. The molecule has 1 aliphatic rings. The summed E-state index contributed by atoms with van der Waals surface area (Å²) in [5, 5.41) is 5.13. The van der Waals surface area contributed by atoms with Crippen molar-refractivity contribution < 1.29 is 14.3 Å². The molecule has 2 amide bonds. The predicted octanol–water partition coefficient (Wildman–Crippen LogP) is 2.69. The summed E-state index contributed by atoms with van der Waals surface area (Å²) in [6, 6.07) is 8.49. The Morgan fingerprint density at radius 3 is 2.44 bits per heavy atom. The van der Waals surface area contributed by atoms with Crippen LogP contribution in [0.15, 0.2) is 39.3 Å². The fraction of sp³-hybridized carbons (Fsp3) is 0.0909. The number of esters is 1. The Morgan fingerprint density at radius 2 is 1.89 bits per heavy atom. The second-order valence-corrected chi connectivity index (χ2v) is 5.06. The van der Waals surface area contributed by atoms with Crippen molar-refractivity contribution in [1.82, 2.24) is 5.32 Å². The van der Waals surface area contributed by atoms with Crippen LogP contribution < -0.4 is 10.6 Å². The van der Waals surface area contributed by atoms with Crippen molar-refractivity contribution in [3.63, 3.8) is 0 Å². The number of hydrogen-bond acceptors (Lipinski definition) is 3. The molecule has 0 saturated carbocycles. The number of carbonyl (C=O) groups is 2. The molecule has 7 heteroatoms. The van der Waals surface area contributed by atoms with Gasteiger partial charge >= 0.3 is 12.0 Å². The third-order valence-corrected chi connectivity index (χ3v) is 4.23. The van der Waals surface area contributed by atoms with Gasteiger partial charge in [0.25, 0.3) is 0 Å². The molecule has 0 aromatic heterocycles. The molecule has 1 atom stereocenters. The maximum Gasteiger partial charge on any atom is 0.348 e. The van der Waals surface area contributed by atoms with Crippen LogP contribution in [0.5, 0.6) is 0 Å². The van der Waals surface area contributed by atoms with E-state index in [2.05, 4.69) is 42.5 Å². The van der Waals surface area contributed by atoms with E-state index in [0.717, 1.165) is 0 Å².